The first-order valence-corrected chi connectivity index (χ1v) is 9.44. The number of carbonyl (C=O) groups excluding carboxylic acids is 1. The molecule has 1 N–H and O–H groups in total. The summed E-state index contributed by atoms with van der Waals surface area (Å²) in [4.78, 5) is 14.5. The summed E-state index contributed by atoms with van der Waals surface area (Å²) in [6.45, 7) is 3.02. The standard InChI is InChI=1S/C23H23ClN2O2/c1-17-8-6-7-9-18(17)15-26(2)16-23(27)25-21-14-19(24)12-13-22(21)28-20-10-4-3-5-11-20/h3-14H,15-16H2,1-2H3,(H,25,27). The minimum atomic E-state index is -0.128. The Hall–Kier alpha value is -2.82. The number of anilines is 1. The van der Waals surface area contributed by atoms with E-state index >= 15 is 0 Å². The average molecular weight is 395 g/mol. The summed E-state index contributed by atoms with van der Waals surface area (Å²) in [7, 11) is 1.92. The lowest BCUT2D eigenvalue weighted by Gasteiger charge is -2.18. The molecule has 3 aromatic rings. The van der Waals surface area contributed by atoms with E-state index in [2.05, 4.69) is 24.4 Å². The highest BCUT2D eigenvalue weighted by atomic mass is 35.5. The summed E-state index contributed by atoms with van der Waals surface area (Å²) in [5.74, 6) is 1.11. The van der Waals surface area contributed by atoms with Crippen molar-refractivity contribution >= 4 is 23.2 Å². The number of para-hydroxylation sites is 1. The van der Waals surface area contributed by atoms with Crippen molar-refractivity contribution in [2.24, 2.45) is 0 Å². The largest absolute Gasteiger partial charge is 0.455 e. The van der Waals surface area contributed by atoms with E-state index < -0.39 is 0 Å². The Kier molecular flexibility index (Phi) is 6.69. The summed E-state index contributed by atoms with van der Waals surface area (Å²) < 4.78 is 5.89. The lowest BCUT2D eigenvalue weighted by atomic mass is 10.1. The quantitative estimate of drug-likeness (QED) is 0.574. The molecular weight excluding hydrogens is 372 g/mol. The molecule has 0 heterocycles. The molecule has 0 saturated heterocycles. The molecule has 3 aromatic carbocycles. The maximum atomic E-state index is 12.6. The van der Waals surface area contributed by atoms with Gasteiger partial charge in [0.25, 0.3) is 0 Å². The molecule has 0 aliphatic rings. The maximum absolute atomic E-state index is 12.6. The molecule has 5 heteroatoms. The van der Waals surface area contributed by atoms with Crippen molar-refractivity contribution in [2.45, 2.75) is 13.5 Å². The van der Waals surface area contributed by atoms with E-state index in [1.165, 1.54) is 11.1 Å². The minimum absolute atomic E-state index is 0.128. The SMILES string of the molecule is Cc1ccccc1CN(C)CC(=O)Nc1cc(Cl)ccc1Oc1ccccc1. The Morgan fingerprint density at radius 1 is 1.04 bits per heavy atom. The molecule has 0 aliphatic carbocycles. The number of aryl methyl sites for hydroxylation is 1. The van der Waals surface area contributed by atoms with Gasteiger partial charge in [-0.25, -0.2) is 0 Å². The van der Waals surface area contributed by atoms with Gasteiger partial charge in [-0.1, -0.05) is 54.1 Å². The third-order valence-corrected chi connectivity index (χ3v) is 4.54. The number of hydrogen-bond acceptors (Lipinski definition) is 3. The van der Waals surface area contributed by atoms with Gasteiger partial charge in [0, 0.05) is 11.6 Å². The third kappa shape index (κ3) is 5.59. The zero-order chi connectivity index (χ0) is 19.9. The molecule has 0 bridgehead atoms. The van der Waals surface area contributed by atoms with Crippen LogP contribution in [-0.4, -0.2) is 24.4 Å². The Bertz CT molecular complexity index is 944. The predicted octanol–water partition coefficient (Wildman–Crippen LogP) is 5.51. The van der Waals surface area contributed by atoms with Crippen LogP contribution in [0.2, 0.25) is 5.02 Å². The molecule has 0 spiro atoms. The van der Waals surface area contributed by atoms with Gasteiger partial charge in [0.1, 0.15) is 5.75 Å². The molecule has 1 amide bonds. The van der Waals surface area contributed by atoms with E-state index in [9.17, 15) is 4.79 Å². The number of hydrogen-bond donors (Lipinski definition) is 1. The van der Waals surface area contributed by atoms with Crippen molar-refractivity contribution in [3.05, 3.63) is 88.9 Å². The van der Waals surface area contributed by atoms with Crippen LogP contribution in [0, 0.1) is 6.92 Å². The Morgan fingerprint density at radius 2 is 1.75 bits per heavy atom. The topological polar surface area (TPSA) is 41.6 Å². The van der Waals surface area contributed by atoms with Gasteiger partial charge in [0.2, 0.25) is 5.91 Å². The number of likely N-dealkylation sites (N-methyl/N-ethyl adjacent to an activating group) is 1. The monoisotopic (exact) mass is 394 g/mol. The summed E-state index contributed by atoms with van der Waals surface area (Å²) in [5.41, 5.74) is 2.96. The molecule has 0 atom stereocenters. The first kappa shape index (κ1) is 19.9. The van der Waals surface area contributed by atoms with Crippen LogP contribution in [-0.2, 0) is 11.3 Å². The van der Waals surface area contributed by atoms with Gasteiger partial charge >= 0.3 is 0 Å². The van der Waals surface area contributed by atoms with E-state index in [4.69, 9.17) is 16.3 Å². The fraction of sp³-hybridized carbons (Fsp3) is 0.174. The van der Waals surface area contributed by atoms with Crippen LogP contribution < -0.4 is 10.1 Å². The van der Waals surface area contributed by atoms with Crippen LogP contribution in [0.5, 0.6) is 11.5 Å². The Labute approximate surface area is 170 Å². The maximum Gasteiger partial charge on any atom is 0.238 e. The predicted molar refractivity (Wildman–Crippen MR) is 114 cm³/mol. The number of benzene rings is 3. The molecule has 144 valence electrons. The van der Waals surface area contributed by atoms with Gasteiger partial charge in [0.05, 0.1) is 12.2 Å². The second-order valence-electron chi connectivity index (χ2n) is 6.70. The van der Waals surface area contributed by atoms with E-state index in [0.717, 1.165) is 0 Å². The van der Waals surface area contributed by atoms with E-state index in [1.807, 2.05) is 54.4 Å². The van der Waals surface area contributed by atoms with Crippen molar-refractivity contribution in [3.8, 4) is 11.5 Å². The molecule has 0 saturated carbocycles. The number of amides is 1. The van der Waals surface area contributed by atoms with Crippen LogP contribution in [0.25, 0.3) is 0 Å². The molecule has 0 aromatic heterocycles. The summed E-state index contributed by atoms with van der Waals surface area (Å²) in [6, 6.07) is 22.8. The second kappa shape index (κ2) is 9.40. The summed E-state index contributed by atoms with van der Waals surface area (Å²) in [6.07, 6.45) is 0. The first-order chi connectivity index (χ1) is 13.5. The molecule has 0 unspecified atom stereocenters. The molecule has 0 radical (unpaired) electrons. The van der Waals surface area contributed by atoms with Crippen molar-refractivity contribution < 1.29 is 9.53 Å². The van der Waals surface area contributed by atoms with Gasteiger partial charge in [-0.05, 0) is 55.4 Å². The van der Waals surface area contributed by atoms with Gasteiger partial charge in [-0.15, -0.1) is 0 Å². The highest BCUT2D eigenvalue weighted by Gasteiger charge is 2.12. The van der Waals surface area contributed by atoms with E-state index in [1.54, 1.807) is 18.2 Å². The zero-order valence-electron chi connectivity index (χ0n) is 16.0. The zero-order valence-corrected chi connectivity index (χ0v) is 16.7. The molecule has 0 fully saturated rings. The minimum Gasteiger partial charge on any atom is -0.455 e. The third-order valence-electron chi connectivity index (χ3n) is 4.30. The van der Waals surface area contributed by atoms with Crippen LogP contribution in [0.1, 0.15) is 11.1 Å². The number of halogens is 1. The van der Waals surface area contributed by atoms with Gasteiger partial charge in [-0.3, -0.25) is 9.69 Å². The average Bonchev–Trinajstić information content (AvgIpc) is 2.66. The van der Waals surface area contributed by atoms with Crippen molar-refractivity contribution in [1.82, 2.24) is 4.90 Å². The van der Waals surface area contributed by atoms with E-state index in [-0.39, 0.29) is 12.5 Å². The number of nitrogens with zero attached hydrogens (tertiary/aromatic N) is 1. The van der Waals surface area contributed by atoms with Crippen molar-refractivity contribution in [2.75, 3.05) is 18.9 Å². The smallest absolute Gasteiger partial charge is 0.238 e. The van der Waals surface area contributed by atoms with Crippen LogP contribution in [0.15, 0.2) is 72.8 Å². The fourth-order valence-electron chi connectivity index (χ4n) is 2.87. The van der Waals surface area contributed by atoms with E-state index in [0.29, 0.717) is 28.8 Å². The molecule has 28 heavy (non-hydrogen) atoms. The van der Waals surface area contributed by atoms with Gasteiger partial charge < -0.3 is 10.1 Å². The summed E-state index contributed by atoms with van der Waals surface area (Å²) in [5, 5.41) is 3.44. The second-order valence-corrected chi connectivity index (χ2v) is 7.14. The number of nitrogens with one attached hydrogen (secondary N) is 1. The fourth-order valence-corrected chi connectivity index (χ4v) is 3.05. The highest BCUT2D eigenvalue weighted by molar-refractivity contribution is 6.31. The normalized spacial score (nSPS) is 10.7. The van der Waals surface area contributed by atoms with Crippen molar-refractivity contribution in [3.63, 3.8) is 0 Å². The van der Waals surface area contributed by atoms with Gasteiger partial charge in [-0.2, -0.15) is 0 Å². The number of carbonyl (C=O) groups is 1. The van der Waals surface area contributed by atoms with Crippen LogP contribution >= 0.6 is 11.6 Å². The molecule has 4 nitrogen and oxygen atoms in total. The Morgan fingerprint density at radius 3 is 2.50 bits per heavy atom. The lowest BCUT2D eigenvalue weighted by molar-refractivity contribution is -0.117. The van der Waals surface area contributed by atoms with Gasteiger partial charge in [0.15, 0.2) is 5.75 Å². The molecular formula is C23H23ClN2O2. The first-order valence-electron chi connectivity index (χ1n) is 9.06. The number of ether oxygens (including phenoxy) is 1. The highest BCUT2D eigenvalue weighted by Crippen LogP contribution is 2.32. The van der Waals surface area contributed by atoms with Crippen LogP contribution in [0.4, 0.5) is 5.69 Å². The number of rotatable bonds is 7. The Balaban J connectivity index is 1.66. The molecule has 0 aliphatic heterocycles. The van der Waals surface area contributed by atoms with Crippen LogP contribution in [0.3, 0.4) is 0 Å². The molecule has 3 rings (SSSR count). The lowest BCUT2D eigenvalue weighted by Crippen LogP contribution is -2.30. The summed E-state index contributed by atoms with van der Waals surface area (Å²) >= 11 is 6.12. The van der Waals surface area contributed by atoms with Crippen molar-refractivity contribution in [1.29, 1.82) is 0 Å².